The summed E-state index contributed by atoms with van der Waals surface area (Å²) < 4.78 is 9.17. The van der Waals surface area contributed by atoms with Crippen molar-refractivity contribution in [2.24, 2.45) is 14.1 Å². The van der Waals surface area contributed by atoms with Gasteiger partial charge in [-0.15, -0.1) is 0 Å². The van der Waals surface area contributed by atoms with E-state index in [-0.39, 0.29) is 11.4 Å². The third-order valence-electron chi connectivity index (χ3n) is 3.87. The number of pyridine rings is 2. The first-order chi connectivity index (χ1) is 13.7. The Labute approximate surface area is 180 Å². The number of aromatic carboxylic acids is 1. The van der Waals surface area contributed by atoms with Crippen molar-refractivity contribution < 1.29 is 19.4 Å². The number of carbonyl (C=O) groups is 2. The summed E-state index contributed by atoms with van der Waals surface area (Å²) in [6.45, 7) is 0. The smallest absolute Gasteiger partial charge is 0.359 e. The Balaban J connectivity index is 0.000000166. The van der Waals surface area contributed by atoms with Gasteiger partial charge in [0.1, 0.15) is 0 Å². The van der Waals surface area contributed by atoms with Gasteiger partial charge >= 0.3 is 11.9 Å². The van der Waals surface area contributed by atoms with Crippen molar-refractivity contribution in [3.05, 3.63) is 44.9 Å². The first-order valence-electron chi connectivity index (χ1n) is 8.01. The second-order valence-electron chi connectivity index (χ2n) is 5.79. The maximum Gasteiger partial charge on any atom is 0.359 e. The zero-order chi connectivity index (χ0) is 21.3. The molecule has 0 unspecified atom stereocenters. The fourth-order valence-electron chi connectivity index (χ4n) is 2.64. The van der Waals surface area contributed by atoms with Gasteiger partial charge in [0.25, 0.3) is 0 Å². The lowest BCUT2D eigenvalue weighted by Gasteiger charge is -1.94. The summed E-state index contributed by atoms with van der Waals surface area (Å²) in [5.41, 5.74) is 1.52. The number of ether oxygens (including phenoxy) is 1. The molecule has 4 aromatic rings. The quantitative estimate of drug-likeness (QED) is 0.396. The Morgan fingerprint density at radius 2 is 1.38 bits per heavy atom. The molecule has 4 rings (SSSR count). The summed E-state index contributed by atoms with van der Waals surface area (Å²) in [5, 5.41) is 18.0. The molecule has 150 valence electrons. The van der Waals surface area contributed by atoms with Gasteiger partial charge in [0, 0.05) is 35.4 Å². The molecule has 0 atom stereocenters. The number of carboxylic acids is 1. The van der Waals surface area contributed by atoms with Gasteiger partial charge in [-0.3, -0.25) is 0 Å². The van der Waals surface area contributed by atoms with Crippen LogP contribution in [0.4, 0.5) is 0 Å². The number of hydrogen-bond acceptors (Lipinski definition) is 7. The van der Waals surface area contributed by atoms with Crippen LogP contribution in [0.3, 0.4) is 0 Å². The van der Waals surface area contributed by atoms with Crippen molar-refractivity contribution in [1.29, 1.82) is 0 Å². The average molecular weight is 526 g/mol. The van der Waals surface area contributed by atoms with Crippen LogP contribution >= 0.6 is 31.9 Å². The zero-order valence-corrected chi connectivity index (χ0v) is 18.6. The van der Waals surface area contributed by atoms with E-state index in [1.54, 1.807) is 43.3 Å². The minimum absolute atomic E-state index is 0.0244. The van der Waals surface area contributed by atoms with Crippen molar-refractivity contribution in [2.45, 2.75) is 0 Å². The van der Waals surface area contributed by atoms with Gasteiger partial charge in [0.05, 0.1) is 17.9 Å². The van der Waals surface area contributed by atoms with Crippen LogP contribution in [0.1, 0.15) is 21.0 Å². The molecule has 12 heteroatoms. The molecule has 29 heavy (non-hydrogen) atoms. The summed E-state index contributed by atoms with van der Waals surface area (Å²) in [7, 11) is 4.72. The van der Waals surface area contributed by atoms with E-state index in [4.69, 9.17) is 5.11 Å². The third kappa shape index (κ3) is 4.12. The number of hydrogen-bond donors (Lipinski definition) is 1. The van der Waals surface area contributed by atoms with Crippen molar-refractivity contribution in [2.75, 3.05) is 7.11 Å². The van der Waals surface area contributed by atoms with E-state index < -0.39 is 11.9 Å². The van der Waals surface area contributed by atoms with Crippen LogP contribution in [0, 0.1) is 0 Å². The van der Waals surface area contributed by atoms with Gasteiger partial charge in [-0.1, -0.05) is 0 Å². The molecular weight excluding hydrogens is 512 g/mol. The molecule has 0 bridgehead atoms. The summed E-state index contributed by atoms with van der Waals surface area (Å²) in [6.07, 6.45) is 3.26. The average Bonchev–Trinajstić information content (AvgIpc) is 3.18. The third-order valence-corrected chi connectivity index (χ3v) is 4.74. The molecule has 4 heterocycles. The number of halogens is 2. The molecule has 0 aliphatic rings. The molecule has 0 saturated heterocycles. The largest absolute Gasteiger partial charge is 0.476 e. The number of carbonyl (C=O) groups excluding carboxylic acids is 1. The minimum atomic E-state index is -1.05. The van der Waals surface area contributed by atoms with E-state index in [2.05, 4.69) is 56.8 Å². The maximum atomic E-state index is 11.4. The van der Waals surface area contributed by atoms with Crippen molar-refractivity contribution in [3.63, 3.8) is 0 Å². The molecular formula is C17H14Br2N6O4. The molecule has 0 fully saturated rings. The zero-order valence-electron chi connectivity index (χ0n) is 15.4. The highest BCUT2D eigenvalue weighted by molar-refractivity contribution is 9.10. The monoisotopic (exact) mass is 524 g/mol. The van der Waals surface area contributed by atoms with Crippen LogP contribution in [-0.4, -0.2) is 53.7 Å². The Morgan fingerprint density at radius 1 is 0.931 bits per heavy atom. The van der Waals surface area contributed by atoms with Gasteiger partial charge in [-0.05, 0) is 44.0 Å². The molecule has 0 aromatic carbocycles. The molecule has 0 amide bonds. The fraction of sp³-hybridized carbons (Fsp3) is 0.176. The number of methoxy groups -OCH3 is 1. The lowest BCUT2D eigenvalue weighted by atomic mass is 10.3. The first kappa shape index (κ1) is 20.9. The topological polar surface area (TPSA) is 125 Å². The number of nitrogens with zero attached hydrogens (tertiary/aromatic N) is 6. The standard InChI is InChI=1S/C9H8BrN3O2.C8H6BrN3O2/c1-13-8-6(3-5(10)4-11-8)7(12-13)9(14)15-2;1-12-7-5(2-4(9)3-10-7)6(11-12)8(13)14/h3-4H,1-2H3;2-3H,1H3,(H,13,14). The molecule has 10 nitrogen and oxygen atoms in total. The maximum absolute atomic E-state index is 11.4. The number of aromatic nitrogens is 6. The number of carboxylic acid groups (broad SMARTS) is 1. The molecule has 1 N–H and O–H groups in total. The fourth-order valence-corrected chi connectivity index (χ4v) is 3.30. The van der Waals surface area contributed by atoms with E-state index in [1.165, 1.54) is 11.8 Å². The SMILES string of the molecule is COC(=O)c1nn(C)c2ncc(Br)cc12.Cn1nc(C(=O)O)c2cc(Br)cnc21. The van der Waals surface area contributed by atoms with E-state index in [0.29, 0.717) is 22.1 Å². The van der Waals surface area contributed by atoms with E-state index in [1.807, 2.05) is 0 Å². The van der Waals surface area contributed by atoms with Gasteiger partial charge in [0.2, 0.25) is 0 Å². The summed E-state index contributed by atoms with van der Waals surface area (Å²) in [5.74, 6) is -1.50. The summed E-state index contributed by atoms with van der Waals surface area (Å²) in [4.78, 5) is 30.5. The number of aryl methyl sites for hydroxylation is 2. The number of esters is 1. The van der Waals surface area contributed by atoms with Gasteiger partial charge in [-0.25, -0.2) is 28.9 Å². The predicted molar refractivity (Wildman–Crippen MR) is 111 cm³/mol. The van der Waals surface area contributed by atoms with Gasteiger partial charge in [-0.2, -0.15) is 10.2 Å². The lowest BCUT2D eigenvalue weighted by Crippen LogP contribution is -2.03. The molecule has 0 aliphatic carbocycles. The number of rotatable bonds is 2. The van der Waals surface area contributed by atoms with Crippen LogP contribution < -0.4 is 0 Å². The van der Waals surface area contributed by atoms with Gasteiger partial charge < -0.3 is 9.84 Å². The minimum Gasteiger partial charge on any atom is -0.476 e. The molecule has 0 spiro atoms. The van der Waals surface area contributed by atoms with Crippen LogP contribution in [0.25, 0.3) is 22.1 Å². The highest BCUT2D eigenvalue weighted by Gasteiger charge is 2.17. The van der Waals surface area contributed by atoms with Gasteiger partial charge in [0.15, 0.2) is 22.7 Å². The van der Waals surface area contributed by atoms with E-state index in [0.717, 1.165) is 8.95 Å². The Kier molecular flexibility index (Phi) is 5.94. The second kappa shape index (κ2) is 8.25. The van der Waals surface area contributed by atoms with Crippen molar-refractivity contribution in [3.8, 4) is 0 Å². The normalized spacial score (nSPS) is 10.7. The molecule has 0 radical (unpaired) electrons. The lowest BCUT2D eigenvalue weighted by molar-refractivity contribution is 0.0594. The molecule has 4 aromatic heterocycles. The predicted octanol–water partition coefficient (Wildman–Crippen LogP) is 2.95. The Morgan fingerprint density at radius 3 is 1.83 bits per heavy atom. The van der Waals surface area contributed by atoms with Crippen LogP contribution in [0.15, 0.2) is 33.5 Å². The Bertz CT molecular complexity index is 1250. The van der Waals surface area contributed by atoms with Crippen LogP contribution in [0.2, 0.25) is 0 Å². The highest BCUT2D eigenvalue weighted by atomic mass is 79.9. The molecule has 0 aliphatic heterocycles. The number of fused-ring (bicyclic) bond motifs is 2. The van der Waals surface area contributed by atoms with Crippen LogP contribution in [-0.2, 0) is 18.8 Å². The highest BCUT2D eigenvalue weighted by Crippen LogP contribution is 2.21. The summed E-state index contributed by atoms with van der Waals surface area (Å²) in [6, 6.07) is 3.49. The van der Waals surface area contributed by atoms with E-state index in [9.17, 15) is 9.59 Å². The first-order valence-corrected chi connectivity index (χ1v) is 9.59. The van der Waals surface area contributed by atoms with Crippen molar-refractivity contribution in [1.82, 2.24) is 29.5 Å². The molecule has 0 saturated carbocycles. The summed E-state index contributed by atoms with van der Waals surface area (Å²) >= 11 is 6.53. The van der Waals surface area contributed by atoms with Crippen LogP contribution in [0.5, 0.6) is 0 Å². The van der Waals surface area contributed by atoms with Crippen molar-refractivity contribution >= 4 is 65.9 Å². The Hall–Kier alpha value is -2.86. The second-order valence-corrected chi connectivity index (χ2v) is 7.62. The van der Waals surface area contributed by atoms with E-state index >= 15 is 0 Å².